The van der Waals surface area contributed by atoms with E-state index in [0.29, 0.717) is 16.6 Å². The number of rotatable bonds is 3. The summed E-state index contributed by atoms with van der Waals surface area (Å²) in [5.41, 5.74) is 2.75. The molecule has 2 aromatic carbocycles. The molecule has 1 aromatic heterocycles. The average Bonchev–Trinajstić information content (AvgIpc) is 2.88. The zero-order valence-corrected chi connectivity index (χ0v) is 14.7. The van der Waals surface area contributed by atoms with Crippen molar-refractivity contribution in [1.82, 2.24) is 4.98 Å². The predicted molar refractivity (Wildman–Crippen MR) is 95.8 cm³/mol. The molecule has 112 valence electrons. The van der Waals surface area contributed by atoms with Crippen molar-refractivity contribution < 1.29 is 4.79 Å². The second kappa shape index (κ2) is 6.18. The Hall–Kier alpha value is -1.72. The fourth-order valence-corrected chi connectivity index (χ4v) is 3.55. The number of hydrogen-bond donors (Lipinski definition) is 1. The monoisotopic (exact) mass is 374 g/mol. The molecule has 0 fully saturated rings. The van der Waals surface area contributed by atoms with Gasteiger partial charge in [-0.2, -0.15) is 0 Å². The zero-order chi connectivity index (χ0) is 15.7. The lowest BCUT2D eigenvalue weighted by Crippen LogP contribution is -2.11. The van der Waals surface area contributed by atoms with Gasteiger partial charge in [-0.25, -0.2) is 4.98 Å². The van der Waals surface area contributed by atoms with Crippen molar-refractivity contribution in [3.05, 3.63) is 58.1 Å². The number of thiazole rings is 1. The lowest BCUT2D eigenvalue weighted by Gasteiger charge is -2.06. The molecule has 0 saturated carbocycles. The van der Waals surface area contributed by atoms with E-state index in [1.807, 2.05) is 42.5 Å². The number of anilines is 1. The molecule has 0 atom stereocenters. The third-order valence-electron chi connectivity index (χ3n) is 3.41. The Bertz CT molecular complexity index is 824. The van der Waals surface area contributed by atoms with Gasteiger partial charge in [-0.05, 0) is 41.8 Å². The van der Waals surface area contributed by atoms with Crippen LogP contribution >= 0.6 is 27.3 Å². The summed E-state index contributed by atoms with van der Waals surface area (Å²) in [6, 6.07) is 13.6. The Balaban J connectivity index is 1.80. The van der Waals surface area contributed by atoms with Gasteiger partial charge in [0.2, 0.25) is 0 Å². The highest BCUT2D eigenvalue weighted by Crippen LogP contribution is 2.28. The van der Waals surface area contributed by atoms with Crippen LogP contribution in [-0.4, -0.2) is 10.9 Å². The van der Waals surface area contributed by atoms with Crippen LogP contribution in [-0.2, 0) is 0 Å². The number of amides is 1. The first kappa shape index (κ1) is 15.2. The Kier molecular flexibility index (Phi) is 4.27. The number of carbonyl (C=O) groups excluding carboxylic acids is 1. The highest BCUT2D eigenvalue weighted by atomic mass is 79.9. The topological polar surface area (TPSA) is 42.0 Å². The fourth-order valence-electron chi connectivity index (χ4n) is 2.14. The molecule has 0 saturated heterocycles. The van der Waals surface area contributed by atoms with Crippen molar-refractivity contribution in [3.8, 4) is 0 Å². The molecular weight excluding hydrogens is 360 g/mol. The minimum Gasteiger partial charge on any atom is -0.298 e. The highest BCUT2D eigenvalue weighted by molar-refractivity contribution is 9.10. The van der Waals surface area contributed by atoms with Crippen LogP contribution in [0, 0.1) is 0 Å². The molecule has 0 spiro atoms. The van der Waals surface area contributed by atoms with Crippen molar-refractivity contribution in [2.24, 2.45) is 0 Å². The van der Waals surface area contributed by atoms with Crippen molar-refractivity contribution in [3.63, 3.8) is 0 Å². The maximum Gasteiger partial charge on any atom is 0.257 e. The van der Waals surface area contributed by atoms with E-state index < -0.39 is 0 Å². The smallest absolute Gasteiger partial charge is 0.257 e. The van der Waals surface area contributed by atoms with Gasteiger partial charge < -0.3 is 0 Å². The van der Waals surface area contributed by atoms with E-state index in [4.69, 9.17) is 0 Å². The molecule has 0 aliphatic rings. The first-order valence-electron chi connectivity index (χ1n) is 7.00. The maximum absolute atomic E-state index is 12.3. The van der Waals surface area contributed by atoms with Crippen LogP contribution in [0.25, 0.3) is 10.2 Å². The minimum absolute atomic E-state index is 0.131. The van der Waals surface area contributed by atoms with Crippen LogP contribution in [0.1, 0.15) is 35.7 Å². The lowest BCUT2D eigenvalue weighted by atomic mass is 10.0. The van der Waals surface area contributed by atoms with Crippen molar-refractivity contribution in [1.29, 1.82) is 0 Å². The van der Waals surface area contributed by atoms with Crippen molar-refractivity contribution >= 4 is 48.5 Å². The Morgan fingerprint density at radius 3 is 2.59 bits per heavy atom. The molecule has 1 amide bonds. The minimum atomic E-state index is -0.131. The highest BCUT2D eigenvalue weighted by Gasteiger charge is 2.10. The van der Waals surface area contributed by atoms with E-state index in [0.717, 1.165) is 14.7 Å². The molecule has 22 heavy (non-hydrogen) atoms. The Morgan fingerprint density at radius 2 is 1.91 bits per heavy atom. The van der Waals surface area contributed by atoms with Gasteiger partial charge in [-0.3, -0.25) is 10.1 Å². The van der Waals surface area contributed by atoms with Gasteiger partial charge in [-0.15, -0.1) is 0 Å². The third-order valence-corrected chi connectivity index (χ3v) is 4.84. The van der Waals surface area contributed by atoms with Gasteiger partial charge in [0, 0.05) is 10.0 Å². The van der Waals surface area contributed by atoms with Crippen LogP contribution < -0.4 is 5.32 Å². The van der Waals surface area contributed by atoms with E-state index in [2.05, 4.69) is 40.1 Å². The third kappa shape index (κ3) is 3.20. The number of hydrogen-bond acceptors (Lipinski definition) is 3. The number of halogens is 1. The number of nitrogens with zero attached hydrogens (tertiary/aromatic N) is 1. The molecular formula is C17H15BrN2OS. The molecule has 3 nitrogen and oxygen atoms in total. The quantitative estimate of drug-likeness (QED) is 0.663. The molecule has 0 radical (unpaired) electrons. The number of aromatic nitrogens is 1. The van der Waals surface area contributed by atoms with Gasteiger partial charge in [0.15, 0.2) is 5.13 Å². The Labute approximate surface area is 141 Å². The SMILES string of the molecule is CC(C)c1ccc(C(=O)Nc2nc3ccc(Br)cc3s2)cc1. The second-order valence-corrected chi connectivity index (χ2v) is 7.31. The van der Waals surface area contributed by atoms with E-state index in [1.54, 1.807) is 0 Å². The van der Waals surface area contributed by atoms with Crippen LogP contribution in [0.2, 0.25) is 0 Å². The fraction of sp³-hybridized carbons (Fsp3) is 0.176. The normalized spacial score (nSPS) is 11.1. The number of nitrogens with one attached hydrogen (secondary N) is 1. The molecule has 3 rings (SSSR count). The van der Waals surface area contributed by atoms with Gasteiger partial charge >= 0.3 is 0 Å². The van der Waals surface area contributed by atoms with Gasteiger partial charge in [0.05, 0.1) is 10.2 Å². The summed E-state index contributed by atoms with van der Waals surface area (Å²) in [5, 5.41) is 3.49. The predicted octanol–water partition coefficient (Wildman–Crippen LogP) is 5.43. The molecule has 0 bridgehead atoms. The summed E-state index contributed by atoms with van der Waals surface area (Å²) in [5.74, 6) is 0.327. The average molecular weight is 375 g/mol. The first-order chi connectivity index (χ1) is 10.5. The van der Waals surface area contributed by atoms with Crippen LogP contribution in [0.5, 0.6) is 0 Å². The number of carbonyl (C=O) groups is 1. The number of fused-ring (bicyclic) bond motifs is 1. The van der Waals surface area contributed by atoms with Crippen LogP contribution in [0.4, 0.5) is 5.13 Å². The van der Waals surface area contributed by atoms with Gasteiger partial charge in [-0.1, -0.05) is 53.2 Å². The molecule has 3 aromatic rings. The van der Waals surface area contributed by atoms with Crippen molar-refractivity contribution in [2.75, 3.05) is 5.32 Å². The zero-order valence-electron chi connectivity index (χ0n) is 12.3. The molecule has 5 heteroatoms. The molecule has 1 heterocycles. The van der Waals surface area contributed by atoms with E-state index in [-0.39, 0.29) is 5.91 Å². The molecule has 0 aliphatic carbocycles. The summed E-state index contributed by atoms with van der Waals surface area (Å²) < 4.78 is 2.05. The molecule has 0 unspecified atom stereocenters. The summed E-state index contributed by atoms with van der Waals surface area (Å²) in [6.07, 6.45) is 0. The number of benzene rings is 2. The maximum atomic E-state index is 12.3. The summed E-state index contributed by atoms with van der Waals surface area (Å²) in [7, 11) is 0. The molecule has 0 aliphatic heterocycles. The summed E-state index contributed by atoms with van der Waals surface area (Å²) in [4.78, 5) is 16.7. The van der Waals surface area contributed by atoms with Gasteiger partial charge in [0.25, 0.3) is 5.91 Å². The van der Waals surface area contributed by atoms with Crippen LogP contribution in [0.3, 0.4) is 0 Å². The van der Waals surface area contributed by atoms with E-state index in [1.165, 1.54) is 16.9 Å². The first-order valence-corrected chi connectivity index (χ1v) is 8.61. The van der Waals surface area contributed by atoms with E-state index >= 15 is 0 Å². The second-order valence-electron chi connectivity index (χ2n) is 5.36. The van der Waals surface area contributed by atoms with Crippen molar-refractivity contribution in [2.45, 2.75) is 19.8 Å². The molecule has 1 N–H and O–H groups in total. The van der Waals surface area contributed by atoms with Gasteiger partial charge in [0.1, 0.15) is 0 Å². The largest absolute Gasteiger partial charge is 0.298 e. The standard InChI is InChI=1S/C17H15BrN2OS/c1-10(2)11-3-5-12(6-4-11)16(21)20-17-19-14-8-7-13(18)9-15(14)22-17/h3-10H,1-2H3,(H,19,20,21). The lowest BCUT2D eigenvalue weighted by molar-refractivity contribution is 0.102. The summed E-state index contributed by atoms with van der Waals surface area (Å²) in [6.45, 7) is 4.27. The van der Waals surface area contributed by atoms with Crippen LogP contribution in [0.15, 0.2) is 46.9 Å². The summed E-state index contributed by atoms with van der Waals surface area (Å²) >= 11 is 4.91. The Morgan fingerprint density at radius 1 is 1.18 bits per heavy atom. The van der Waals surface area contributed by atoms with E-state index in [9.17, 15) is 4.79 Å².